The van der Waals surface area contributed by atoms with Crippen molar-refractivity contribution in [1.29, 1.82) is 0 Å². The van der Waals surface area contributed by atoms with Gasteiger partial charge in [0.25, 0.3) is 0 Å². The SMILES string of the molecule is COc1ccc(C(=O)OCc2cc(-c3ccco3)on2)cc1OC. The molecule has 1 aromatic carbocycles. The van der Waals surface area contributed by atoms with E-state index < -0.39 is 5.97 Å². The average Bonchev–Trinajstić information content (AvgIpc) is 3.30. The molecule has 0 amide bonds. The number of carbonyl (C=O) groups is 1. The van der Waals surface area contributed by atoms with Crippen molar-refractivity contribution in [3.05, 3.63) is 53.9 Å². The zero-order valence-electron chi connectivity index (χ0n) is 13.1. The fourth-order valence-corrected chi connectivity index (χ4v) is 2.10. The Morgan fingerprint density at radius 3 is 2.62 bits per heavy atom. The number of hydrogen-bond donors (Lipinski definition) is 0. The van der Waals surface area contributed by atoms with E-state index in [1.165, 1.54) is 20.5 Å². The summed E-state index contributed by atoms with van der Waals surface area (Å²) >= 11 is 0. The van der Waals surface area contributed by atoms with Crippen LogP contribution in [0.2, 0.25) is 0 Å². The highest BCUT2D eigenvalue weighted by Crippen LogP contribution is 2.28. The largest absolute Gasteiger partial charge is 0.493 e. The predicted molar refractivity (Wildman–Crippen MR) is 82.9 cm³/mol. The van der Waals surface area contributed by atoms with Crippen LogP contribution in [-0.4, -0.2) is 25.3 Å². The summed E-state index contributed by atoms with van der Waals surface area (Å²) in [4.78, 5) is 12.1. The molecule has 0 aliphatic carbocycles. The Morgan fingerprint density at radius 2 is 1.92 bits per heavy atom. The second-order valence-electron chi connectivity index (χ2n) is 4.81. The molecule has 0 radical (unpaired) electrons. The van der Waals surface area contributed by atoms with Crippen LogP contribution in [0.25, 0.3) is 11.5 Å². The van der Waals surface area contributed by atoms with Crippen molar-refractivity contribution in [2.75, 3.05) is 14.2 Å². The van der Waals surface area contributed by atoms with E-state index in [1.54, 1.807) is 36.4 Å². The van der Waals surface area contributed by atoms with Crippen molar-refractivity contribution in [2.45, 2.75) is 6.61 Å². The van der Waals surface area contributed by atoms with Crippen LogP contribution in [-0.2, 0) is 11.3 Å². The number of nitrogens with zero attached hydrogens (tertiary/aromatic N) is 1. The van der Waals surface area contributed by atoms with Crippen LogP contribution in [0.3, 0.4) is 0 Å². The van der Waals surface area contributed by atoms with Crippen molar-refractivity contribution in [1.82, 2.24) is 5.16 Å². The normalized spacial score (nSPS) is 10.4. The van der Waals surface area contributed by atoms with E-state index in [9.17, 15) is 4.79 Å². The number of furan rings is 1. The van der Waals surface area contributed by atoms with E-state index in [1.807, 2.05) is 0 Å². The van der Waals surface area contributed by atoms with Gasteiger partial charge in [-0.1, -0.05) is 5.16 Å². The minimum absolute atomic E-state index is 0.0165. The van der Waals surface area contributed by atoms with E-state index >= 15 is 0 Å². The summed E-state index contributed by atoms with van der Waals surface area (Å²) in [6, 6.07) is 9.94. The van der Waals surface area contributed by atoms with Crippen molar-refractivity contribution < 1.29 is 27.9 Å². The molecule has 2 heterocycles. The number of carbonyl (C=O) groups excluding carboxylic acids is 1. The lowest BCUT2D eigenvalue weighted by atomic mass is 10.2. The number of esters is 1. The summed E-state index contributed by atoms with van der Waals surface area (Å²) in [5, 5.41) is 3.84. The Hall–Kier alpha value is -3.22. The first kappa shape index (κ1) is 15.7. The molecule has 2 aromatic heterocycles. The Bertz CT molecular complexity index is 821. The maximum absolute atomic E-state index is 12.1. The summed E-state index contributed by atoms with van der Waals surface area (Å²) < 4.78 is 25.9. The molecule has 0 spiro atoms. The third-order valence-electron chi connectivity index (χ3n) is 3.29. The third-order valence-corrected chi connectivity index (χ3v) is 3.29. The van der Waals surface area contributed by atoms with Crippen LogP contribution in [0.1, 0.15) is 16.1 Å². The van der Waals surface area contributed by atoms with Gasteiger partial charge in [-0.2, -0.15) is 0 Å². The molecule has 3 aromatic rings. The summed E-state index contributed by atoms with van der Waals surface area (Å²) in [6.07, 6.45) is 1.54. The van der Waals surface area contributed by atoms with Gasteiger partial charge in [-0.3, -0.25) is 0 Å². The summed E-state index contributed by atoms with van der Waals surface area (Å²) in [5.41, 5.74) is 0.831. The van der Waals surface area contributed by atoms with Gasteiger partial charge in [0.1, 0.15) is 12.3 Å². The molecule has 24 heavy (non-hydrogen) atoms. The highest BCUT2D eigenvalue weighted by Gasteiger charge is 2.14. The molecule has 0 atom stereocenters. The number of aromatic nitrogens is 1. The van der Waals surface area contributed by atoms with E-state index in [-0.39, 0.29) is 6.61 Å². The molecule has 0 N–H and O–H groups in total. The van der Waals surface area contributed by atoms with Crippen molar-refractivity contribution in [3.63, 3.8) is 0 Å². The molecule has 0 bridgehead atoms. The minimum Gasteiger partial charge on any atom is -0.493 e. The van der Waals surface area contributed by atoms with Crippen LogP contribution in [0.15, 0.2) is 51.6 Å². The van der Waals surface area contributed by atoms with Gasteiger partial charge in [0.05, 0.1) is 26.0 Å². The van der Waals surface area contributed by atoms with Gasteiger partial charge in [-0.25, -0.2) is 4.79 Å². The molecule has 7 heteroatoms. The predicted octanol–water partition coefficient (Wildman–Crippen LogP) is 3.31. The van der Waals surface area contributed by atoms with Crippen molar-refractivity contribution in [3.8, 4) is 23.0 Å². The first-order valence-electron chi connectivity index (χ1n) is 7.10. The molecular formula is C17H15NO6. The monoisotopic (exact) mass is 329 g/mol. The number of methoxy groups -OCH3 is 2. The lowest BCUT2D eigenvalue weighted by Gasteiger charge is -2.09. The maximum Gasteiger partial charge on any atom is 0.338 e. The summed E-state index contributed by atoms with van der Waals surface area (Å²) in [6.45, 7) is -0.0165. The van der Waals surface area contributed by atoms with Gasteiger partial charge in [-0.05, 0) is 30.3 Å². The number of hydrogen-bond acceptors (Lipinski definition) is 7. The van der Waals surface area contributed by atoms with Crippen LogP contribution in [0.4, 0.5) is 0 Å². The van der Waals surface area contributed by atoms with Gasteiger partial charge >= 0.3 is 5.97 Å². The van der Waals surface area contributed by atoms with Crippen LogP contribution < -0.4 is 9.47 Å². The van der Waals surface area contributed by atoms with Gasteiger partial charge in [0.2, 0.25) is 5.76 Å². The van der Waals surface area contributed by atoms with Crippen molar-refractivity contribution in [2.24, 2.45) is 0 Å². The first-order chi connectivity index (χ1) is 11.7. The van der Waals surface area contributed by atoms with Crippen LogP contribution in [0.5, 0.6) is 11.5 Å². The first-order valence-corrected chi connectivity index (χ1v) is 7.10. The minimum atomic E-state index is -0.501. The van der Waals surface area contributed by atoms with Crippen LogP contribution in [0, 0.1) is 0 Å². The Balaban J connectivity index is 1.65. The molecule has 0 fully saturated rings. The molecule has 7 nitrogen and oxygen atoms in total. The zero-order chi connectivity index (χ0) is 16.9. The molecule has 0 saturated heterocycles. The molecule has 3 rings (SSSR count). The maximum atomic E-state index is 12.1. The smallest absolute Gasteiger partial charge is 0.338 e. The fourth-order valence-electron chi connectivity index (χ4n) is 2.10. The van der Waals surface area contributed by atoms with Crippen LogP contribution >= 0.6 is 0 Å². The second kappa shape index (κ2) is 6.91. The summed E-state index contributed by atoms with van der Waals surface area (Å²) in [5.74, 6) is 1.51. The molecule has 0 saturated carbocycles. The fraction of sp³-hybridized carbons (Fsp3) is 0.176. The third kappa shape index (κ3) is 3.24. The molecule has 0 unspecified atom stereocenters. The van der Waals surface area contributed by atoms with Gasteiger partial charge in [0.15, 0.2) is 17.3 Å². The lowest BCUT2D eigenvalue weighted by molar-refractivity contribution is 0.0464. The Labute approximate surface area is 137 Å². The standard InChI is InChI=1S/C17H15NO6/c1-20-13-6-5-11(8-15(13)21-2)17(19)23-10-12-9-16(24-18-12)14-4-3-7-22-14/h3-9H,10H2,1-2H3. The quantitative estimate of drug-likeness (QED) is 0.641. The summed E-state index contributed by atoms with van der Waals surface area (Å²) in [7, 11) is 3.02. The second-order valence-corrected chi connectivity index (χ2v) is 4.81. The average molecular weight is 329 g/mol. The van der Waals surface area contributed by atoms with E-state index in [0.29, 0.717) is 34.3 Å². The zero-order valence-corrected chi connectivity index (χ0v) is 13.1. The van der Waals surface area contributed by atoms with E-state index in [0.717, 1.165) is 0 Å². The number of rotatable bonds is 6. The van der Waals surface area contributed by atoms with Gasteiger partial charge < -0.3 is 23.2 Å². The van der Waals surface area contributed by atoms with Crippen molar-refractivity contribution >= 4 is 5.97 Å². The Morgan fingerprint density at radius 1 is 1.08 bits per heavy atom. The molecule has 0 aliphatic rings. The number of benzene rings is 1. The molecule has 124 valence electrons. The lowest BCUT2D eigenvalue weighted by Crippen LogP contribution is -2.06. The molecular weight excluding hydrogens is 314 g/mol. The van der Waals surface area contributed by atoms with E-state index in [2.05, 4.69) is 5.16 Å². The highest BCUT2D eigenvalue weighted by molar-refractivity contribution is 5.90. The van der Waals surface area contributed by atoms with E-state index in [4.69, 9.17) is 23.2 Å². The topological polar surface area (TPSA) is 83.9 Å². The Kier molecular flexibility index (Phi) is 4.51. The highest BCUT2D eigenvalue weighted by atomic mass is 16.5. The van der Waals surface area contributed by atoms with Gasteiger partial charge in [-0.15, -0.1) is 0 Å². The van der Waals surface area contributed by atoms with Gasteiger partial charge in [0, 0.05) is 6.07 Å². The number of ether oxygens (including phenoxy) is 3. The molecule has 0 aliphatic heterocycles.